The SMILES string of the molecule is NCc1ncccc1-n1cc(C(N)=O)cn1. The molecule has 0 fully saturated rings. The molecule has 6 heteroatoms. The van der Waals surface area contributed by atoms with E-state index in [0.717, 1.165) is 5.69 Å². The van der Waals surface area contributed by atoms with E-state index < -0.39 is 5.91 Å². The van der Waals surface area contributed by atoms with Gasteiger partial charge in [0.15, 0.2) is 0 Å². The molecule has 4 N–H and O–H groups in total. The fourth-order valence-corrected chi connectivity index (χ4v) is 1.38. The number of nitrogens with zero attached hydrogens (tertiary/aromatic N) is 3. The van der Waals surface area contributed by atoms with Crippen LogP contribution in [0.4, 0.5) is 0 Å². The van der Waals surface area contributed by atoms with E-state index >= 15 is 0 Å². The summed E-state index contributed by atoms with van der Waals surface area (Å²) in [4.78, 5) is 15.1. The highest BCUT2D eigenvalue weighted by Crippen LogP contribution is 2.11. The van der Waals surface area contributed by atoms with Gasteiger partial charge in [0.25, 0.3) is 5.91 Å². The van der Waals surface area contributed by atoms with Crippen LogP contribution in [0.2, 0.25) is 0 Å². The first-order chi connectivity index (χ1) is 7.72. The van der Waals surface area contributed by atoms with Gasteiger partial charge in [-0.15, -0.1) is 0 Å². The van der Waals surface area contributed by atoms with Gasteiger partial charge in [-0.05, 0) is 12.1 Å². The highest BCUT2D eigenvalue weighted by Gasteiger charge is 2.08. The maximum Gasteiger partial charge on any atom is 0.251 e. The topological polar surface area (TPSA) is 99.8 Å². The maximum atomic E-state index is 10.9. The van der Waals surface area contributed by atoms with Crippen molar-refractivity contribution in [2.24, 2.45) is 11.5 Å². The molecule has 6 nitrogen and oxygen atoms in total. The quantitative estimate of drug-likeness (QED) is 0.745. The van der Waals surface area contributed by atoms with E-state index in [-0.39, 0.29) is 0 Å². The molecule has 0 saturated carbocycles. The first-order valence-electron chi connectivity index (χ1n) is 4.71. The molecule has 2 aromatic heterocycles. The number of carbonyl (C=O) groups is 1. The minimum Gasteiger partial charge on any atom is -0.366 e. The number of carbonyl (C=O) groups excluding carboxylic acids is 1. The number of nitrogens with two attached hydrogens (primary N) is 2. The van der Waals surface area contributed by atoms with Gasteiger partial charge in [-0.2, -0.15) is 5.10 Å². The maximum absolute atomic E-state index is 10.9. The molecule has 0 aliphatic rings. The molecule has 0 aromatic carbocycles. The summed E-state index contributed by atoms with van der Waals surface area (Å²) < 4.78 is 1.54. The molecule has 0 aliphatic carbocycles. The minimum atomic E-state index is -0.510. The third-order valence-electron chi connectivity index (χ3n) is 2.17. The van der Waals surface area contributed by atoms with Gasteiger partial charge in [-0.1, -0.05) is 0 Å². The summed E-state index contributed by atoms with van der Waals surface area (Å²) in [6.07, 6.45) is 4.62. The van der Waals surface area contributed by atoms with Crippen LogP contribution in [0.1, 0.15) is 16.1 Å². The summed E-state index contributed by atoms with van der Waals surface area (Å²) >= 11 is 0. The lowest BCUT2D eigenvalue weighted by Gasteiger charge is -2.05. The van der Waals surface area contributed by atoms with Crippen molar-refractivity contribution in [1.29, 1.82) is 0 Å². The molecule has 2 rings (SSSR count). The summed E-state index contributed by atoms with van der Waals surface area (Å²) in [6.45, 7) is 0.307. The van der Waals surface area contributed by atoms with Crippen LogP contribution >= 0.6 is 0 Å². The zero-order valence-electron chi connectivity index (χ0n) is 8.50. The van der Waals surface area contributed by atoms with Crippen molar-refractivity contribution in [2.75, 3.05) is 0 Å². The zero-order valence-corrected chi connectivity index (χ0v) is 8.50. The Hall–Kier alpha value is -2.21. The Kier molecular flexibility index (Phi) is 2.65. The van der Waals surface area contributed by atoms with Gasteiger partial charge in [0.1, 0.15) is 0 Å². The van der Waals surface area contributed by atoms with Crippen LogP contribution in [0.5, 0.6) is 0 Å². The average Bonchev–Trinajstić information content (AvgIpc) is 2.78. The highest BCUT2D eigenvalue weighted by atomic mass is 16.1. The van der Waals surface area contributed by atoms with Crippen molar-refractivity contribution in [2.45, 2.75) is 6.54 Å². The lowest BCUT2D eigenvalue weighted by Crippen LogP contribution is -2.10. The van der Waals surface area contributed by atoms with E-state index in [0.29, 0.717) is 17.8 Å². The predicted octanol–water partition coefficient (Wildman–Crippen LogP) is -0.175. The second kappa shape index (κ2) is 4.11. The predicted molar refractivity (Wildman–Crippen MR) is 57.8 cm³/mol. The summed E-state index contributed by atoms with van der Waals surface area (Å²) in [6, 6.07) is 3.60. The van der Waals surface area contributed by atoms with E-state index in [1.807, 2.05) is 6.07 Å². The highest BCUT2D eigenvalue weighted by molar-refractivity contribution is 5.92. The minimum absolute atomic E-state index is 0.307. The Balaban J connectivity index is 2.46. The zero-order chi connectivity index (χ0) is 11.5. The van der Waals surface area contributed by atoms with E-state index in [2.05, 4.69) is 10.1 Å². The van der Waals surface area contributed by atoms with Crippen LogP contribution in [0, 0.1) is 0 Å². The standard InChI is InChI=1S/C10H11N5O/c11-4-8-9(2-1-3-13-8)15-6-7(5-14-15)10(12)16/h1-3,5-6H,4,11H2,(H2,12,16). The summed E-state index contributed by atoms with van der Waals surface area (Å²) in [5, 5.41) is 4.04. The van der Waals surface area contributed by atoms with Gasteiger partial charge in [0, 0.05) is 18.9 Å². The number of amides is 1. The molecular weight excluding hydrogens is 206 g/mol. The lowest BCUT2D eigenvalue weighted by molar-refractivity contribution is 0.100. The Labute approximate surface area is 91.9 Å². The fraction of sp³-hybridized carbons (Fsp3) is 0.100. The molecule has 82 valence electrons. The smallest absolute Gasteiger partial charge is 0.251 e. The second-order valence-corrected chi connectivity index (χ2v) is 3.21. The molecule has 0 aliphatic heterocycles. The number of rotatable bonds is 3. The first-order valence-corrected chi connectivity index (χ1v) is 4.71. The van der Waals surface area contributed by atoms with Gasteiger partial charge in [0.2, 0.25) is 0 Å². The molecule has 2 aromatic rings. The van der Waals surface area contributed by atoms with Crippen molar-refractivity contribution >= 4 is 5.91 Å². The van der Waals surface area contributed by atoms with Crippen molar-refractivity contribution in [3.05, 3.63) is 42.0 Å². The summed E-state index contributed by atoms with van der Waals surface area (Å²) in [5.74, 6) is -0.510. The van der Waals surface area contributed by atoms with Crippen LogP contribution in [-0.4, -0.2) is 20.7 Å². The van der Waals surface area contributed by atoms with Gasteiger partial charge in [0.05, 0.1) is 23.1 Å². The molecule has 1 amide bonds. The molecule has 0 bridgehead atoms. The van der Waals surface area contributed by atoms with Crippen molar-refractivity contribution < 1.29 is 4.79 Å². The number of hydrogen-bond donors (Lipinski definition) is 2. The van der Waals surface area contributed by atoms with Gasteiger partial charge in [-0.25, -0.2) is 4.68 Å². The van der Waals surface area contributed by atoms with E-state index in [9.17, 15) is 4.79 Å². The van der Waals surface area contributed by atoms with E-state index in [1.54, 1.807) is 18.5 Å². The Morgan fingerprint density at radius 3 is 2.94 bits per heavy atom. The third kappa shape index (κ3) is 1.78. The van der Waals surface area contributed by atoms with Crippen LogP contribution < -0.4 is 11.5 Å². The van der Waals surface area contributed by atoms with Crippen LogP contribution in [0.25, 0.3) is 5.69 Å². The van der Waals surface area contributed by atoms with Crippen molar-refractivity contribution in [3.63, 3.8) is 0 Å². The van der Waals surface area contributed by atoms with Gasteiger partial charge in [-0.3, -0.25) is 9.78 Å². The molecule has 0 unspecified atom stereocenters. The third-order valence-corrected chi connectivity index (χ3v) is 2.17. The van der Waals surface area contributed by atoms with E-state index in [1.165, 1.54) is 10.9 Å². The molecular formula is C10H11N5O. The largest absolute Gasteiger partial charge is 0.366 e. The summed E-state index contributed by atoms with van der Waals surface area (Å²) in [5.41, 5.74) is 12.5. The molecule has 0 radical (unpaired) electrons. The van der Waals surface area contributed by atoms with Crippen molar-refractivity contribution in [3.8, 4) is 5.69 Å². The number of aromatic nitrogens is 3. The number of hydrogen-bond acceptors (Lipinski definition) is 4. The molecule has 0 saturated heterocycles. The molecule has 0 spiro atoms. The molecule has 2 heterocycles. The normalized spacial score (nSPS) is 10.3. The Bertz CT molecular complexity index is 519. The number of pyridine rings is 1. The van der Waals surface area contributed by atoms with E-state index in [4.69, 9.17) is 11.5 Å². The van der Waals surface area contributed by atoms with Gasteiger partial charge < -0.3 is 11.5 Å². The summed E-state index contributed by atoms with van der Waals surface area (Å²) in [7, 11) is 0. The first kappa shape index (κ1) is 10.3. The van der Waals surface area contributed by atoms with Crippen molar-refractivity contribution in [1.82, 2.24) is 14.8 Å². The molecule has 16 heavy (non-hydrogen) atoms. The van der Waals surface area contributed by atoms with Crippen LogP contribution in [-0.2, 0) is 6.54 Å². The Morgan fingerprint density at radius 1 is 1.50 bits per heavy atom. The van der Waals surface area contributed by atoms with Crippen LogP contribution in [0.15, 0.2) is 30.7 Å². The fourth-order valence-electron chi connectivity index (χ4n) is 1.38. The number of primary amides is 1. The Morgan fingerprint density at radius 2 is 2.31 bits per heavy atom. The van der Waals surface area contributed by atoms with Crippen LogP contribution in [0.3, 0.4) is 0 Å². The van der Waals surface area contributed by atoms with Gasteiger partial charge >= 0.3 is 0 Å². The average molecular weight is 217 g/mol. The molecule has 0 atom stereocenters. The lowest BCUT2D eigenvalue weighted by atomic mass is 10.3. The monoisotopic (exact) mass is 217 g/mol. The second-order valence-electron chi connectivity index (χ2n) is 3.21.